The Hall–Kier alpha value is 0.160. The van der Waals surface area contributed by atoms with Crippen LogP contribution in [0.5, 0.6) is 0 Å². The van der Waals surface area contributed by atoms with Gasteiger partial charge in [-0.1, -0.05) is 42.9 Å². The van der Waals surface area contributed by atoms with E-state index >= 15 is 0 Å². The molecular weight excluding hydrogens is 339 g/mol. The van der Waals surface area contributed by atoms with E-state index in [2.05, 4.69) is 41.3 Å². The van der Waals surface area contributed by atoms with Crippen LogP contribution in [0, 0.1) is 0 Å². The van der Waals surface area contributed by atoms with Crippen molar-refractivity contribution < 1.29 is 4.79 Å². The van der Waals surface area contributed by atoms with Crippen LogP contribution in [-0.2, 0) is 4.79 Å². The molecule has 0 aliphatic carbocycles. The summed E-state index contributed by atoms with van der Waals surface area (Å²) in [7, 11) is 0. The van der Waals surface area contributed by atoms with Gasteiger partial charge in [-0.25, -0.2) is 0 Å². The monoisotopic (exact) mass is 366 g/mol. The van der Waals surface area contributed by atoms with Gasteiger partial charge < -0.3 is 4.90 Å². The molecule has 1 rings (SSSR count). The van der Waals surface area contributed by atoms with Crippen LogP contribution >= 0.6 is 22.6 Å². The van der Waals surface area contributed by atoms with Crippen molar-refractivity contribution in [2.45, 2.75) is 49.9 Å². The van der Waals surface area contributed by atoms with Gasteiger partial charge in [0.05, 0.1) is 0 Å². The number of hydrogen-bond donors (Lipinski definition) is 0. The van der Waals surface area contributed by atoms with E-state index in [0.717, 1.165) is 49.4 Å². The molecule has 0 saturated carbocycles. The summed E-state index contributed by atoms with van der Waals surface area (Å²) in [5.41, 5.74) is 0. The maximum absolute atomic E-state index is 11.9. The Kier molecular flexibility index (Phi) is 8.22. The Balaban J connectivity index is 2.14. The van der Waals surface area contributed by atoms with Crippen LogP contribution < -0.4 is 0 Å². The van der Waals surface area contributed by atoms with Crippen LogP contribution in [0.15, 0.2) is 0 Å². The summed E-state index contributed by atoms with van der Waals surface area (Å²) in [6, 6.07) is 0. The van der Waals surface area contributed by atoms with Gasteiger partial charge in [0.25, 0.3) is 0 Å². The topological polar surface area (TPSA) is 23.6 Å². The number of rotatable bonds is 7. The second-order valence-corrected chi connectivity index (χ2v) is 7.38. The highest BCUT2D eigenvalue weighted by Gasteiger charge is 2.20. The van der Waals surface area contributed by atoms with Gasteiger partial charge in [0.2, 0.25) is 5.91 Å². The molecule has 0 spiro atoms. The molecule has 1 atom stereocenters. The SMILES string of the molecule is CCCCC(=O)N1CCN(CCCC(C)I)CC1. The van der Waals surface area contributed by atoms with Gasteiger partial charge in [-0.2, -0.15) is 0 Å². The third-order valence-corrected chi connectivity index (χ3v) is 4.17. The first-order valence-corrected chi connectivity index (χ1v) is 8.52. The van der Waals surface area contributed by atoms with Crippen molar-refractivity contribution in [1.82, 2.24) is 9.80 Å². The van der Waals surface area contributed by atoms with Crippen LogP contribution in [0.4, 0.5) is 0 Å². The zero-order chi connectivity index (χ0) is 13.4. The molecule has 1 heterocycles. The number of halogens is 1. The third kappa shape index (κ3) is 6.36. The zero-order valence-electron chi connectivity index (χ0n) is 11.8. The predicted octanol–water partition coefficient (Wildman–Crippen LogP) is 2.92. The molecule has 1 unspecified atom stereocenters. The highest BCUT2D eigenvalue weighted by Crippen LogP contribution is 2.10. The Morgan fingerprint density at radius 1 is 1.22 bits per heavy atom. The lowest BCUT2D eigenvalue weighted by Gasteiger charge is -2.34. The smallest absolute Gasteiger partial charge is 0.222 e. The number of nitrogens with zero attached hydrogens (tertiary/aromatic N) is 2. The first kappa shape index (κ1) is 16.2. The average molecular weight is 366 g/mol. The minimum Gasteiger partial charge on any atom is -0.340 e. The van der Waals surface area contributed by atoms with Crippen LogP contribution in [0.1, 0.15) is 46.0 Å². The fourth-order valence-corrected chi connectivity index (χ4v) is 2.74. The molecule has 0 N–H and O–H groups in total. The van der Waals surface area contributed by atoms with E-state index in [1.165, 1.54) is 19.4 Å². The van der Waals surface area contributed by atoms with Crippen LogP contribution in [0.3, 0.4) is 0 Å². The van der Waals surface area contributed by atoms with E-state index in [4.69, 9.17) is 0 Å². The minimum atomic E-state index is 0.359. The average Bonchev–Trinajstić information content (AvgIpc) is 2.36. The number of hydrogen-bond acceptors (Lipinski definition) is 2. The van der Waals surface area contributed by atoms with E-state index < -0.39 is 0 Å². The molecule has 1 fully saturated rings. The highest BCUT2D eigenvalue weighted by molar-refractivity contribution is 14.1. The van der Waals surface area contributed by atoms with Crippen molar-refractivity contribution in [3.05, 3.63) is 0 Å². The van der Waals surface area contributed by atoms with Gasteiger partial charge in [-0.3, -0.25) is 9.69 Å². The first-order chi connectivity index (χ1) is 8.63. The molecule has 1 aliphatic heterocycles. The van der Waals surface area contributed by atoms with Gasteiger partial charge in [0.1, 0.15) is 0 Å². The van der Waals surface area contributed by atoms with Gasteiger partial charge in [-0.15, -0.1) is 0 Å². The number of alkyl halides is 1. The molecule has 1 aliphatic rings. The van der Waals surface area contributed by atoms with E-state index in [-0.39, 0.29) is 0 Å². The lowest BCUT2D eigenvalue weighted by atomic mass is 10.2. The summed E-state index contributed by atoms with van der Waals surface area (Å²) in [4.78, 5) is 16.4. The summed E-state index contributed by atoms with van der Waals surface area (Å²) < 4.78 is 0.777. The molecular formula is C14H27IN2O. The van der Waals surface area contributed by atoms with Crippen LogP contribution in [0.25, 0.3) is 0 Å². The second kappa shape index (κ2) is 9.13. The molecule has 1 saturated heterocycles. The molecule has 3 nitrogen and oxygen atoms in total. The fourth-order valence-electron chi connectivity index (χ4n) is 2.30. The fraction of sp³-hybridized carbons (Fsp3) is 0.929. The molecule has 0 radical (unpaired) electrons. The largest absolute Gasteiger partial charge is 0.340 e. The highest BCUT2D eigenvalue weighted by atomic mass is 127. The Morgan fingerprint density at radius 2 is 1.89 bits per heavy atom. The summed E-state index contributed by atoms with van der Waals surface area (Å²) >= 11 is 2.49. The summed E-state index contributed by atoms with van der Waals surface area (Å²) in [5.74, 6) is 0.359. The van der Waals surface area contributed by atoms with Crippen molar-refractivity contribution >= 4 is 28.5 Å². The maximum Gasteiger partial charge on any atom is 0.222 e. The predicted molar refractivity (Wildman–Crippen MR) is 85.3 cm³/mol. The Labute approximate surface area is 125 Å². The molecule has 0 aromatic rings. The van der Waals surface area contributed by atoms with E-state index in [0.29, 0.717) is 5.91 Å². The molecule has 1 amide bonds. The standard InChI is InChI=1S/C14H27IN2O/c1-3-4-7-14(18)17-11-9-16(10-12-17)8-5-6-13(2)15/h13H,3-12H2,1-2H3. The van der Waals surface area contributed by atoms with Gasteiger partial charge >= 0.3 is 0 Å². The number of piperazine rings is 1. The Morgan fingerprint density at radius 3 is 2.44 bits per heavy atom. The molecule has 0 aromatic heterocycles. The second-order valence-electron chi connectivity index (χ2n) is 5.25. The van der Waals surface area contributed by atoms with E-state index in [9.17, 15) is 4.79 Å². The summed E-state index contributed by atoms with van der Waals surface area (Å²) in [6.07, 6.45) is 5.47. The summed E-state index contributed by atoms with van der Waals surface area (Å²) in [5, 5.41) is 0. The van der Waals surface area contributed by atoms with Crippen molar-refractivity contribution in [3.8, 4) is 0 Å². The van der Waals surface area contributed by atoms with Crippen molar-refractivity contribution in [3.63, 3.8) is 0 Å². The van der Waals surface area contributed by atoms with Crippen molar-refractivity contribution in [2.24, 2.45) is 0 Å². The maximum atomic E-state index is 11.9. The first-order valence-electron chi connectivity index (χ1n) is 7.27. The molecule has 0 aromatic carbocycles. The lowest BCUT2D eigenvalue weighted by molar-refractivity contribution is -0.133. The van der Waals surface area contributed by atoms with Crippen LogP contribution in [-0.4, -0.2) is 52.4 Å². The number of carbonyl (C=O) groups excluding carboxylic acids is 1. The lowest BCUT2D eigenvalue weighted by Crippen LogP contribution is -2.48. The molecule has 0 bridgehead atoms. The van der Waals surface area contributed by atoms with Gasteiger partial charge in [-0.05, 0) is 25.8 Å². The third-order valence-electron chi connectivity index (χ3n) is 3.55. The summed E-state index contributed by atoms with van der Waals surface area (Å²) in [6.45, 7) is 9.60. The quantitative estimate of drug-likeness (QED) is 0.511. The van der Waals surface area contributed by atoms with Gasteiger partial charge in [0, 0.05) is 36.5 Å². The zero-order valence-corrected chi connectivity index (χ0v) is 14.0. The van der Waals surface area contributed by atoms with Crippen molar-refractivity contribution in [1.29, 1.82) is 0 Å². The number of amides is 1. The number of carbonyl (C=O) groups is 1. The number of unbranched alkanes of at least 4 members (excludes halogenated alkanes) is 1. The van der Waals surface area contributed by atoms with E-state index in [1.807, 2.05) is 4.90 Å². The molecule has 18 heavy (non-hydrogen) atoms. The molecule has 4 heteroatoms. The minimum absolute atomic E-state index is 0.359. The molecule has 106 valence electrons. The normalized spacial score (nSPS) is 18.9. The van der Waals surface area contributed by atoms with E-state index in [1.54, 1.807) is 0 Å². The Bertz CT molecular complexity index is 238. The van der Waals surface area contributed by atoms with Crippen molar-refractivity contribution in [2.75, 3.05) is 32.7 Å². The van der Waals surface area contributed by atoms with Gasteiger partial charge in [0.15, 0.2) is 0 Å². The van der Waals surface area contributed by atoms with Crippen LogP contribution in [0.2, 0.25) is 0 Å².